The summed E-state index contributed by atoms with van der Waals surface area (Å²) < 4.78 is 10.6. The van der Waals surface area contributed by atoms with Crippen LogP contribution in [0.1, 0.15) is 44.1 Å². The molecule has 1 aromatic carbocycles. The van der Waals surface area contributed by atoms with E-state index in [0.29, 0.717) is 11.9 Å². The Hall–Kier alpha value is -2.05. The fourth-order valence-corrected chi connectivity index (χ4v) is 3.84. The third-order valence-corrected chi connectivity index (χ3v) is 5.58. The van der Waals surface area contributed by atoms with Crippen LogP contribution in [0.25, 0.3) is 6.08 Å². The zero-order chi connectivity index (χ0) is 21.2. The summed E-state index contributed by atoms with van der Waals surface area (Å²) in [6.07, 6.45) is 9.79. The molecule has 6 heteroatoms. The number of phenols is 1. The first-order valence-corrected chi connectivity index (χ1v) is 10.5. The molecule has 1 N–H and O–H groups in total. The van der Waals surface area contributed by atoms with Gasteiger partial charge < -0.3 is 24.4 Å². The first kappa shape index (κ1) is 23.2. The van der Waals surface area contributed by atoms with Gasteiger partial charge in [-0.05, 0) is 82.9 Å². The van der Waals surface area contributed by atoms with Crippen molar-refractivity contribution in [1.82, 2.24) is 9.80 Å². The Balaban J connectivity index is 2.04. The van der Waals surface area contributed by atoms with Gasteiger partial charge in [-0.15, -0.1) is 0 Å². The summed E-state index contributed by atoms with van der Waals surface area (Å²) in [6.45, 7) is 1.81. The molecule has 1 amide bonds. The van der Waals surface area contributed by atoms with Crippen molar-refractivity contribution in [2.24, 2.45) is 0 Å². The van der Waals surface area contributed by atoms with Gasteiger partial charge in [-0.25, -0.2) is 0 Å². The van der Waals surface area contributed by atoms with Crippen molar-refractivity contribution in [2.75, 3.05) is 41.4 Å². The van der Waals surface area contributed by atoms with Crippen LogP contribution in [-0.2, 0) is 9.53 Å². The van der Waals surface area contributed by atoms with E-state index in [1.807, 2.05) is 4.90 Å². The molecule has 0 saturated heterocycles. The third kappa shape index (κ3) is 7.37. The average molecular weight is 405 g/mol. The summed E-state index contributed by atoms with van der Waals surface area (Å²) in [7, 11) is 7.43. The summed E-state index contributed by atoms with van der Waals surface area (Å²) in [5.41, 5.74) is 0.823. The standard InChI is InChI=1S/C23H36N2O4/c1-24(2)15-5-6-16-25(19-9-11-20(28-3)12-10-19)23(27)14-8-18-7-13-21(26)22(17-18)29-4/h7-8,13-14,17,19-20,26H,5-6,9-12,15-16H2,1-4H3/t19-,20-. The van der Waals surface area contributed by atoms with Gasteiger partial charge in [0.2, 0.25) is 5.91 Å². The number of nitrogens with zero attached hydrogens (tertiary/aromatic N) is 2. The molecule has 1 fully saturated rings. The van der Waals surface area contributed by atoms with Gasteiger partial charge in [0.05, 0.1) is 13.2 Å². The highest BCUT2D eigenvalue weighted by Gasteiger charge is 2.27. The van der Waals surface area contributed by atoms with Crippen LogP contribution in [0.15, 0.2) is 24.3 Å². The maximum Gasteiger partial charge on any atom is 0.246 e. The van der Waals surface area contributed by atoms with Crippen LogP contribution in [0, 0.1) is 0 Å². The number of benzene rings is 1. The van der Waals surface area contributed by atoms with Crippen molar-refractivity contribution in [2.45, 2.75) is 50.7 Å². The lowest BCUT2D eigenvalue weighted by molar-refractivity contribution is -0.129. The normalized spacial score (nSPS) is 19.6. The lowest BCUT2D eigenvalue weighted by Crippen LogP contribution is -2.43. The first-order valence-electron chi connectivity index (χ1n) is 10.5. The first-order chi connectivity index (χ1) is 13.9. The molecule has 0 aliphatic heterocycles. The minimum atomic E-state index is 0.0442. The third-order valence-electron chi connectivity index (χ3n) is 5.58. The van der Waals surface area contributed by atoms with E-state index >= 15 is 0 Å². The lowest BCUT2D eigenvalue weighted by Gasteiger charge is -2.36. The molecule has 0 spiro atoms. The Morgan fingerprint density at radius 3 is 2.45 bits per heavy atom. The van der Waals surface area contributed by atoms with Crippen LogP contribution < -0.4 is 4.74 Å². The monoisotopic (exact) mass is 404 g/mol. The van der Waals surface area contributed by atoms with Crippen molar-refractivity contribution in [3.05, 3.63) is 29.8 Å². The molecule has 0 heterocycles. The highest BCUT2D eigenvalue weighted by Crippen LogP contribution is 2.28. The Labute approximate surface area is 175 Å². The van der Waals surface area contributed by atoms with Crippen molar-refractivity contribution in [3.8, 4) is 11.5 Å². The maximum absolute atomic E-state index is 13.0. The number of rotatable bonds is 10. The smallest absolute Gasteiger partial charge is 0.246 e. The van der Waals surface area contributed by atoms with Crippen molar-refractivity contribution >= 4 is 12.0 Å². The topological polar surface area (TPSA) is 62.2 Å². The van der Waals surface area contributed by atoms with Crippen molar-refractivity contribution < 1.29 is 19.4 Å². The van der Waals surface area contributed by atoms with Crippen molar-refractivity contribution in [3.63, 3.8) is 0 Å². The molecular weight excluding hydrogens is 368 g/mol. The Morgan fingerprint density at radius 1 is 1.14 bits per heavy atom. The van der Waals surface area contributed by atoms with Gasteiger partial charge in [0, 0.05) is 25.8 Å². The summed E-state index contributed by atoms with van der Waals surface area (Å²) in [5.74, 6) is 0.536. The number of aromatic hydroxyl groups is 1. The summed E-state index contributed by atoms with van der Waals surface area (Å²) in [4.78, 5) is 17.2. The van der Waals surface area contributed by atoms with E-state index in [4.69, 9.17) is 9.47 Å². The molecule has 0 bridgehead atoms. The molecule has 1 aliphatic carbocycles. The molecule has 1 aliphatic rings. The zero-order valence-corrected chi connectivity index (χ0v) is 18.3. The molecule has 0 atom stereocenters. The van der Waals surface area contributed by atoms with E-state index in [9.17, 15) is 9.90 Å². The molecule has 0 unspecified atom stereocenters. The van der Waals surface area contributed by atoms with Crippen LogP contribution in [-0.4, -0.2) is 74.4 Å². The number of methoxy groups -OCH3 is 2. The Kier molecular flexibility index (Phi) is 9.48. The van der Waals surface area contributed by atoms with Gasteiger partial charge in [-0.1, -0.05) is 6.07 Å². The molecule has 0 radical (unpaired) electrons. The number of amides is 1. The molecule has 162 valence electrons. The van der Waals surface area contributed by atoms with Crippen LogP contribution in [0.2, 0.25) is 0 Å². The second-order valence-electron chi connectivity index (χ2n) is 7.97. The van der Waals surface area contributed by atoms with Gasteiger partial charge >= 0.3 is 0 Å². The van der Waals surface area contributed by atoms with Crippen LogP contribution >= 0.6 is 0 Å². The van der Waals surface area contributed by atoms with E-state index in [1.165, 1.54) is 7.11 Å². The Morgan fingerprint density at radius 2 is 1.83 bits per heavy atom. The summed E-state index contributed by atoms with van der Waals surface area (Å²) in [6, 6.07) is 5.35. The maximum atomic E-state index is 13.0. The molecular formula is C23H36N2O4. The fraction of sp³-hybridized carbons (Fsp3) is 0.609. The lowest BCUT2D eigenvalue weighted by atomic mass is 9.91. The van der Waals surface area contributed by atoms with E-state index in [1.54, 1.807) is 37.5 Å². The van der Waals surface area contributed by atoms with E-state index < -0.39 is 0 Å². The number of hydrogen-bond acceptors (Lipinski definition) is 5. The number of phenolic OH excluding ortho intramolecular Hbond substituents is 1. The molecule has 29 heavy (non-hydrogen) atoms. The van der Waals surface area contributed by atoms with Crippen LogP contribution in [0.4, 0.5) is 0 Å². The van der Waals surface area contributed by atoms with Crippen LogP contribution in [0.3, 0.4) is 0 Å². The number of carbonyl (C=O) groups excluding carboxylic acids is 1. The molecule has 0 aromatic heterocycles. The SMILES string of the molecule is COc1cc(C=CC(=O)N(CCCCN(C)C)[C@H]2CC[C@H](OC)CC2)ccc1O. The number of carbonyl (C=O) groups is 1. The predicted octanol–water partition coefficient (Wildman–Crippen LogP) is 3.54. The van der Waals surface area contributed by atoms with E-state index in [0.717, 1.165) is 57.2 Å². The van der Waals surface area contributed by atoms with Gasteiger partial charge in [-0.2, -0.15) is 0 Å². The van der Waals surface area contributed by atoms with Gasteiger partial charge in [-0.3, -0.25) is 4.79 Å². The molecule has 2 rings (SSSR count). The highest BCUT2D eigenvalue weighted by atomic mass is 16.5. The van der Waals surface area contributed by atoms with Crippen molar-refractivity contribution in [1.29, 1.82) is 0 Å². The quantitative estimate of drug-likeness (QED) is 0.477. The molecule has 6 nitrogen and oxygen atoms in total. The predicted molar refractivity (Wildman–Crippen MR) is 116 cm³/mol. The zero-order valence-electron chi connectivity index (χ0n) is 18.3. The summed E-state index contributed by atoms with van der Waals surface area (Å²) in [5, 5.41) is 9.73. The fourth-order valence-electron chi connectivity index (χ4n) is 3.84. The summed E-state index contributed by atoms with van der Waals surface area (Å²) >= 11 is 0. The number of hydrogen-bond donors (Lipinski definition) is 1. The number of unbranched alkanes of at least 4 members (excludes halogenated alkanes) is 1. The minimum Gasteiger partial charge on any atom is -0.504 e. The molecule has 1 aromatic rings. The number of ether oxygens (including phenoxy) is 2. The highest BCUT2D eigenvalue weighted by molar-refractivity contribution is 5.92. The second kappa shape index (κ2) is 11.8. The van der Waals surface area contributed by atoms with Gasteiger partial charge in [0.15, 0.2) is 11.5 Å². The second-order valence-corrected chi connectivity index (χ2v) is 7.97. The molecule has 1 saturated carbocycles. The van der Waals surface area contributed by atoms with E-state index in [-0.39, 0.29) is 17.7 Å². The Bertz CT molecular complexity index is 667. The minimum absolute atomic E-state index is 0.0442. The van der Waals surface area contributed by atoms with Gasteiger partial charge in [0.1, 0.15) is 0 Å². The van der Waals surface area contributed by atoms with Gasteiger partial charge in [0.25, 0.3) is 0 Å². The van der Waals surface area contributed by atoms with Crippen LogP contribution in [0.5, 0.6) is 11.5 Å². The largest absolute Gasteiger partial charge is 0.504 e. The average Bonchev–Trinajstić information content (AvgIpc) is 2.73. The van der Waals surface area contributed by atoms with E-state index in [2.05, 4.69) is 19.0 Å².